The Balaban J connectivity index is 1.43. The highest BCUT2D eigenvalue weighted by atomic mass is 16.5. The number of methoxy groups -OCH3 is 2. The van der Waals surface area contributed by atoms with E-state index < -0.39 is 10.8 Å². The average Bonchev–Trinajstić information content (AvgIpc) is 3.52. The number of hydrogen-bond acceptors (Lipinski definition) is 8. The van der Waals surface area contributed by atoms with Gasteiger partial charge < -0.3 is 19.7 Å². The minimum Gasteiger partial charge on any atom is -0.497 e. The Hall–Kier alpha value is -4.74. The number of nitrogens with one attached hydrogen (secondary N) is 1. The molecular formula is C33H42N6O6. The molecule has 2 heterocycles. The molecule has 0 aliphatic carbocycles. The number of aromatic nitrogens is 4. The van der Waals surface area contributed by atoms with Gasteiger partial charge in [0.1, 0.15) is 36.0 Å². The largest absolute Gasteiger partial charge is 0.497 e. The maximum absolute atomic E-state index is 13.2. The maximum atomic E-state index is 13.2. The van der Waals surface area contributed by atoms with Crippen LogP contribution in [0.3, 0.4) is 0 Å². The predicted molar refractivity (Wildman–Crippen MR) is 171 cm³/mol. The summed E-state index contributed by atoms with van der Waals surface area (Å²) in [7, 11) is 4.73. The van der Waals surface area contributed by atoms with Gasteiger partial charge in [-0.15, -0.1) is 0 Å². The second kappa shape index (κ2) is 12.7. The monoisotopic (exact) mass is 618 g/mol. The van der Waals surface area contributed by atoms with Crippen molar-refractivity contribution >= 4 is 45.2 Å². The Morgan fingerprint density at radius 3 is 1.62 bits per heavy atom. The Labute approximate surface area is 262 Å². The van der Waals surface area contributed by atoms with E-state index in [1.807, 2.05) is 41.5 Å². The van der Waals surface area contributed by atoms with Crippen LogP contribution < -0.4 is 14.8 Å². The molecular weight excluding hydrogens is 576 g/mol. The second-order valence-corrected chi connectivity index (χ2v) is 13.1. The molecule has 1 N–H and O–H groups in total. The number of fused-ring (bicyclic) bond motifs is 2. The van der Waals surface area contributed by atoms with E-state index in [-0.39, 0.29) is 49.6 Å². The van der Waals surface area contributed by atoms with Crippen molar-refractivity contribution in [3.05, 3.63) is 47.8 Å². The van der Waals surface area contributed by atoms with Gasteiger partial charge in [-0.3, -0.25) is 28.5 Å². The zero-order valence-corrected chi connectivity index (χ0v) is 27.5. The summed E-state index contributed by atoms with van der Waals surface area (Å²) in [5.41, 5.74) is 0.530. The first-order chi connectivity index (χ1) is 21.0. The van der Waals surface area contributed by atoms with Crippen LogP contribution in [0.4, 0.5) is 0 Å². The standard InChI is InChI=1S/C33H42N6O6/c1-32(2,3)30(42)28-22-12-10-20(44-8)16-24(22)38(35-28)18-26(40)34-14-15-37(7)27(41)19-39-25-17-21(45-9)11-13-23(25)29(36-39)31(43)33(4,5)6/h10-13,16-17H,14-15,18-19H2,1-9H3,(H,34,40). The summed E-state index contributed by atoms with van der Waals surface area (Å²) in [4.78, 5) is 53.8. The predicted octanol–water partition coefficient (Wildman–Crippen LogP) is 4.14. The first-order valence-corrected chi connectivity index (χ1v) is 14.7. The van der Waals surface area contributed by atoms with Crippen LogP contribution in [0.1, 0.15) is 62.5 Å². The van der Waals surface area contributed by atoms with Gasteiger partial charge in [0.15, 0.2) is 11.6 Å². The molecule has 2 aromatic carbocycles. The highest BCUT2D eigenvalue weighted by Gasteiger charge is 2.30. The van der Waals surface area contributed by atoms with Gasteiger partial charge in [0, 0.05) is 53.9 Å². The molecule has 0 saturated heterocycles. The molecule has 2 aromatic heterocycles. The van der Waals surface area contributed by atoms with E-state index in [1.165, 1.54) is 14.3 Å². The Kier molecular flexibility index (Phi) is 9.36. The van der Waals surface area contributed by atoms with Crippen LogP contribution in [0, 0.1) is 10.8 Å². The molecule has 0 atom stereocenters. The highest BCUT2D eigenvalue weighted by Crippen LogP contribution is 2.30. The molecule has 0 bridgehead atoms. The van der Waals surface area contributed by atoms with Crippen molar-refractivity contribution < 1.29 is 28.7 Å². The summed E-state index contributed by atoms with van der Waals surface area (Å²) >= 11 is 0. The van der Waals surface area contributed by atoms with E-state index in [4.69, 9.17) is 9.47 Å². The molecule has 0 spiro atoms. The number of nitrogens with zero attached hydrogens (tertiary/aromatic N) is 5. The van der Waals surface area contributed by atoms with Gasteiger partial charge in [-0.1, -0.05) is 41.5 Å². The van der Waals surface area contributed by atoms with Gasteiger partial charge in [0.2, 0.25) is 11.8 Å². The first kappa shape index (κ1) is 33.2. The number of rotatable bonds is 11. The van der Waals surface area contributed by atoms with Gasteiger partial charge in [-0.25, -0.2) is 0 Å². The summed E-state index contributed by atoms with van der Waals surface area (Å²) < 4.78 is 13.7. The van der Waals surface area contributed by atoms with Crippen LogP contribution in [-0.4, -0.2) is 82.2 Å². The lowest BCUT2D eigenvalue weighted by Gasteiger charge is -2.18. The fourth-order valence-electron chi connectivity index (χ4n) is 4.78. The Bertz CT molecular complexity index is 1770. The number of amides is 2. The van der Waals surface area contributed by atoms with Gasteiger partial charge in [0.25, 0.3) is 0 Å². The quantitative estimate of drug-likeness (QED) is 0.248. The highest BCUT2D eigenvalue weighted by molar-refractivity contribution is 6.09. The third-order valence-corrected chi connectivity index (χ3v) is 7.48. The summed E-state index contributed by atoms with van der Waals surface area (Å²) in [6.07, 6.45) is 0. The molecule has 4 rings (SSSR count). The normalized spacial score (nSPS) is 11.9. The lowest BCUT2D eigenvalue weighted by atomic mass is 9.88. The van der Waals surface area contributed by atoms with Gasteiger partial charge in [-0.05, 0) is 24.3 Å². The smallest absolute Gasteiger partial charge is 0.244 e. The van der Waals surface area contributed by atoms with Crippen molar-refractivity contribution in [1.82, 2.24) is 29.8 Å². The van der Waals surface area contributed by atoms with Gasteiger partial charge in [0.05, 0.1) is 25.3 Å². The lowest BCUT2D eigenvalue weighted by molar-refractivity contribution is -0.131. The first-order valence-electron chi connectivity index (χ1n) is 14.7. The average molecular weight is 619 g/mol. The van der Waals surface area contributed by atoms with E-state index >= 15 is 0 Å². The number of benzene rings is 2. The van der Waals surface area contributed by atoms with Gasteiger partial charge in [-0.2, -0.15) is 10.2 Å². The Morgan fingerprint density at radius 2 is 1.20 bits per heavy atom. The number of ether oxygens (including phenoxy) is 2. The summed E-state index contributed by atoms with van der Waals surface area (Å²) in [6.45, 7) is 11.2. The molecule has 0 radical (unpaired) electrons. The third kappa shape index (κ3) is 7.16. The van der Waals surface area contributed by atoms with Crippen LogP contribution in [0.2, 0.25) is 0 Å². The van der Waals surface area contributed by atoms with Crippen molar-refractivity contribution in [2.45, 2.75) is 54.6 Å². The number of carbonyl (C=O) groups excluding carboxylic acids is 4. The van der Waals surface area contributed by atoms with E-state index in [0.717, 1.165) is 0 Å². The topological polar surface area (TPSA) is 138 Å². The molecule has 0 unspecified atom stereocenters. The molecule has 12 heteroatoms. The molecule has 4 aromatic rings. The number of ketones is 2. The fraction of sp³-hybridized carbons (Fsp3) is 0.455. The molecule has 2 amide bonds. The van der Waals surface area contributed by atoms with E-state index in [1.54, 1.807) is 57.7 Å². The maximum Gasteiger partial charge on any atom is 0.244 e. The number of hydrogen-bond donors (Lipinski definition) is 1. The van der Waals surface area contributed by atoms with Crippen LogP contribution in [0.25, 0.3) is 21.8 Å². The van der Waals surface area contributed by atoms with E-state index in [2.05, 4.69) is 15.5 Å². The van der Waals surface area contributed by atoms with Crippen molar-refractivity contribution in [3.8, 4) is 11.5 Å². The van der Waals surface area contributed by atoms with Crippen LogP contribution >= 0.6 is 0 Å². The SMILES string of the molecule is COc1ccc2c(C(=O)C(C)(C)C)nn(CC(=O)NCCN(C)C(=O)Cn3nc(C(=O)C(C)(C)C)c4ccc(OC)cc43)c2c1. The summed E-state index contributed by atoms with van der Waals surface area (Å²) in [5.74, 6) is 0.334. The molecule has 0 aliphatic rings. The van der Waals surface area contributed by atoms with Crippen molar-refractivity contribution in [1.29, 1.82) is 0 Å². The zero-order valence-electron chi connectivity index (χ0n) is 27.5. The molecule has 240 valence electrons. The Morgan fingerprint density at radius 1 is 0.756 bits per heavy atom. The van der Waals surface area contributed by atoms with Crippen molar-refractivity contribution in [2.75, 3.05) is 34.4 Å². The fourth-order valence-corrected chi connectivity index (χ4v) is 4.78. The number of carbonyl (C=O) groups is 4. The van der Waals surface area contributed by atoms with Crippen molar-refractivity contribution in [2.24, 2.45) is 10.8 Å². The summed E-state index contributed by atoms with van der Waals surface area (Å²) in [6, 6.07) is 10.6. The minimum absolute atomic E-state index is 0.1000. The molecule has 45 heavy (non-hydrogen) atoms. The van der Waals surface area contributed by atoms with E-state index in [9.17, 15) is 19.2 Å². The van der Waals surface area contributed by atoms with Crippen LogP contribution in [0.5, 0.6) is 11.5 Å². The van der Waals surface area contributed by atoms with E-state index in [0.29, 0.717) is 44.7 Å². The molecule has 12 nitrogen and oxygen atoms in total. The third-order valence-electron chi connectivity index (χ3n) is 7.48. The van der Waals surface area contributed by atoms with Crippen LogP contribution in [0.15, 0.2) is 36.4 Å². The molecule has 0 fully saturated rings. The second-order valence-electron chi connectivity index (χ2n) is 13.1. The van der Waals surface area contributed by atoms with Gasteiger partial charge >= 0.3 is 0 Å². The zero-order chi connectivity index (χ0) is 33.3. The van der Waals surface area contributed by atoms with Crippen LogP contribution in [-0.2, 0) is 22.7 Å². The lowest BCUT2D eigenvalue weighted by Crippen LogP contribution is -2.38. The molecule has 0 saturated carbocycles. The number of Topliss-reactive ketones (excluding diaryl/α,β-unsaturated/α-hetero) is 2. The molecule has 0 aliphatic heterocycles. The number of likely N-dealkylation sites (N-methyl/N-ethyl adjacent to an activating group) is 1. The summed E-state index contributed by atoms with van der Waals surface area (Å²) in [5, 5.41) is 13.1. The minimum atomic E-state index is -0.650. The van der Waals surface area contributed by atoms with Crippen molar-refractivity contribution in [3.63, 3.8) is 0 Å².